The number of fused-ring (bicyclic) bond motifs is 3. The first-order chi connectivity index (χ1) is 14.1. The van der Waals surface area contributed by atoms with E-state index in [2.05, 4.69) is 51.9 Å². The quantitative estimate of drug-likeness (QED) is 0.585. The van der Waals surface area contributed by atoms with E-state index in [1.165, 1.54) is 5.69 Å². The summed E-state index contributed by atoms with van der Waals surface area (Å²) >= 11 is 0. The maximum Gasteiger partial charge on any atom is 0.280 e. The van der Waals surface area contributed by atoms with E-state index >= 15 is 0 Å². The topological polar surface area (TPSA) is 57.2 Å². The molecule has 0 amide bonds. The molecule has 0 aliphatic carbocycles. The zero-order valence-corrected chi connectivity index (χ0v) is 16.8. The summed E-state index contributed by atoms with van der Waals surface area (Å²) in [5, 5.41) is 4.91. The van der Waals surface area contributed by atoms with E-state index in [0.717, 1.165) is 48.3 Å². The molecule has 0 spiro atoms. The Labute approximate surface area is 169 Å². The van der Waals surface area contributed by atoms with Crippen molar-refractivity contribution in [2.75, 3.05) is 31.1 Å². The maximum atomic E-state index is 12.9. The molecule has 0 bridgehead atoms. The molecule has 4 aromatic rings. The van der Waals surface area contributed by atoms with E-state index in [-0.39, 0.29) is 5.56 Å². The normalized spacial score (nSPS) is 15.6. The fourth-order valence-corrected chi connectivity index (χ4v) is 4.20. The standard InChI is InChI=1S/C23H25N5O/c1-16(2)26-10-12-27(13-11-26)18-8-9-21-19(14-18)22-20(15-24-21)23(29)28(25-22)17-6-4-3-5-7-17/h3-9,14-16,25H,10-13H2,1-2H3. The highest BCUT2D eigenvalue weighted by molar-refractivity contribution is 6.04. The van der Waals surface area contributed by atoms with E-state index in [4.69, 9.17) is 0 Å². The summed E-state index contributed by atoms with van der Waals surface area (Å²) < 4.78 is 1.60. The van der Waals surface area contributed by atoms with Gasteiger partial charge in [-0.25, -0.2) is 4.68 Å². The second-order valence-corrected chi connectivity index (χ2v) is 7.95. The van der Waals surface area contributed by atoms with Gasteiger partial charge < -0.3 is 4.90 Å². The van der Waals surface area contributed by atoms with Gasteiger partial charge in [0.25, 0.3) is 5.56 Å². The Kier molecular flexibility index (Phi) is 4.36. The van der Waals surface area contributed by atoms with Gasteiger partial charge in [0.05, 0.1) is 22.1 Å². The summed E-state index contributed by atoms with van der Waals surface area (Å²) in [6.45, 7) is 8.66. The molecule has 0 saturated carbocycles. The summed E-state index contributed by atoms with van der Waals surface area (Å²) in [5.41, 5.74) is 3.66. The van der Waals surface area contributed by atoms with Crippen molar-refractivity contribution in [1.29, 1.82) is 0 Å². The van der Waals surface area contributed by atoms with Crippen LogP contribution < -0.4 is 10.5 Å². The second-order valence-electron chi connectivity index (χ2n) is 7.95. The van der Waals surface area contributed by atoms with Crippen LogP contribution in [-0.4, -0.2) is 51.9 Å². The molecule has 1 aliphatic heterocycles. The van der Waals surface area contributed by atoms with Crippen molar-refractivity contribution in [2.45, 2.75) is 19.9 Å². The third-order valence-electron chi connectivity index (χ3n) is 5.93. The Balaban J connectivity index is 1.58. The van der Waals surface area contributed by atoms with Crippen molar-refractivity contribution in [3.63, 3.8) is 0 Å². The molecule has 148 valence electrons. The Morgan fingerprint density at radius 1 is 0.931 bits per heavy atom. The molecule has 0 unspecified atom stereocenters. The molecule has 2 aromatic carbocycles. The first-order valence-corrected chi connectivity index (χ1v) is 10.2. The number of aromatic nitrogens is 3. The lowest BCUT2D eigenvalue weighted by Gasteiger charge is -2.38. The largest absolute Gasteiger partial charge is 0.369 e. The van der Waals surface area contributed by atoms with Crippen LogP contribution in [0.25, 0.3) is 27.5 Å². The van der Waals surface area contributed by atoms with Crippen LogP contribution in [0.15, 0.2) is 59.5 Å². The number of H-pyrrole nitrogens is 1. The second kappa shape index (κ2) is 7.04. The summed E-state index contributed by atoms with van der Waals surface area (Å²) in [7, 11) is 0. The molecule has 6 heteroatoms. The Bertz CT molecular complexity index is 1220. The Morgan fingerprint density at radius 2 is 1.69 bits per heavy atom. The number of nitrogens with zero attached hydrogens (tertiary/aromatic N) is 4. The Hall–Kier alpha value is -3.12. The van der Waals surface area contributed by atoms with Gasteiger partial charge in [-0.3, -0.25) is 19.8 Å². The maximum absolute atomic E-state index is 12.9. The van der Waals surface area contributed by atoms with Crippen molar-refractivity contribution in [3.8, 4) is 5.69 Å². The van der Waals surface area contributed by atoms with Crippen molar-refractivity contribution in [3.05, 3.63) is 65.1 Å². The third-order valence-corrected chi connectivity index (χ3v) is 5.93. The number of para-hydroxylation sites is 1. The van der Waals surface area contributed by atoms with E-state index in [0.29, 0.717) is 11.4 Å². The average Bonchev–Trinajstić information content (AvgIpc) is 3.11. The fourth-order valence-electron chi connectivity index (χ4n) is 4.20. The summed E-state index contributed by atoms with van der Waals surface area (Å²) in [4.78, 5) is 22.4. The van der Waals surface area contributed by atoms with Crippen LogP contribution in [0.5, 0.6) is 0 Å². The number of rotatable bonds is 3. The molecule has 1 aliphatic rings. The summed E-state index contributed by atoms with van der Waals surface area (Å²) in [6, 6.07) is 16.6. The number of benzene rings is 2. The zero-order valence-electron chi connectivity index (χ0n) is 16.8. The van der Waals surface area contributed by atoms with Gasteiger partial charge >= 0.3 is 0 Å². The molecule has 0 atom stereocenters. The highest BCUT2D eigenvalue weighted by Gasteiger charge is 2.20. The number of anilines is 1. The van der Waals surface area contributed by atoms with Gasteiger partial charge in [-0.2, -0.15) is 0 Å². The molecule has 3 heterocycles. The molecule has 29 heavy (non-hydrogen) atoms. The van der Waals surface area contributed by atoms with Crippen molar-refractivity contribution < 1.29 is 0 Å². The number of piperazine rings is 1. The first kappa shape index (κ1) is 17.9. The first-order valence-electron chi connectivity index (χ1n) is 10.2. The molecule has 1 fully saturated rings. The molecular weight excluding hydrogens is 362 g/mol. The minimum absolute atomic E-state index is 0.0726. The lowest BCUT2D eigenvalue weighted by molar-refractivity contribution is 0.209. The van der Waals surface area contributed by atoms with E-state index in [1.54, 1.807) is 10.9 Å². The van der Waals surface area contributed by atoms with Gasteiger partial charge in [-0.05, 0) is 44.2 Å². The number of aromatic amines is 1. The monoisotopic (exact) mass is 387 g/mol. The minimum Gasteiger partial charge on any atom is -0.369 e. The van der Waals surface area contributed by atoms with Crippen molar-refractivity contribution in [2.24, 2.45) is 0 Å². The molecule has 1 N–H and O–H groups in total. The van der Waals surface area contributed by atoms with E-state index in [1.807, 2.05) is 30.3 Å². The average molecular weight is 387 g/mol. The number of hydrogen-bond acceptors (Lipinski definition) is 4. The summed E-state index contributed by atoms with van der Waals surface area (Å²) in [6.07, 6.45) is 1.68. The number of nitrogens with one attached hydrogen (secondary N) is 1. The van der Waals surface area contributed by atoms with Gasteiger partial charge in [-0.15, -0.1) is 0 Å². The van der Waals surface area contributed by atoms with Crippen LogP contribution in [0, 0.1) is 0 Å². The van der Waals surface area contributed by atoms with Crippen LogP contribution in [0.1, 0.15) is 13.8 Å². The number of pyridine rings is 1. The van der Waals surface area contributed by atoms with Crippen LogP contribution in [-0.2, 0) is 0 Å². The highest BCUT2D eigenvalue weighted by Crippen LogP contribution is 2.27. The van der Waals surface area contributed by atoms with Gasteiger partial charge in [0.2, 0.25) is 0 Å². The zero-order chi connectivity index (χ0) is 20.0. The van der Waals surface area contributed by atoms with Crippen LogP contribution in [0.2, 0.25) is 0 Å². The molecule has 0 radical (unpaired) electrons. The van der Waals surface area contributed by atoms with Crippen molar-refractivity contribution >= 4 is 27.5 Å². The predicted molar refractivity (Wildman–Crippen MR) is 118 cm³/mol. The highest BCUT2D eigenvalue weighted by atomic mass is 16.1. The lowest BCUT2D eigenvalue weighted by atomic mass is 10.1. The van der Waals surface area contributed by atoms with Crippen LogP contribution >= 0.6 is 0 Å². The van der Waals surface area contributed by atoms with Gasteiger partial charge in [0.15, 0.2) is 0 Å². The van der Waals surface area contributed by atoms with Gasteiger partial charge in [0.1, 0.15) is 0 Å². The van der Waals surface area contributed by atoms with Crippen LogP contribution in [0.4, 0.5) is 5.69 Å². The molecule has 2 aromatic heterocycles. The van der Waals surface area contributed by atoms with E-state index in [9.17, 15) is 4.79 Å². The fraction of sp³-hybridized carbons (Fsp3) is 0.304. The molecule has 6 nitrogen and oxygen atoms in total. The molecule has 1 saturated heterocycles. The van der Waals surface area contributed by atoms with E-state index < -0.39 is 0 Å². The van der Waals surface area contributed by atoms with Gasteiger partial charge in [0, 0.05) is 49.5 Å². The SMILES string of the molecule is CC(C)N1CCN(c2ccc3ncc4c(=O)n(-c5ccccc5)[nH]c4c3c2)CC1. The molecular formula is C23H25N5O. The molecule has 5 rings (SSSR count). The Morgan fingerprint density at radius 3 is 2.41 bits per heavy atom. The number of hydrogen-bond donors (Lipinski definition) is 1. The minimum atomic E-state index is -0.0726. The summed E-state index contributed by atoms with van der Waals surface area (Å²) in [5.74, 6) is 0. The predicted octanol–water partition coefficient (Wildman–Crippen LogP) is 3.40. The van der Waals surface area contributed by atoms with Gasteiger partial charge in [-0.1, -0.05) is 18.2 Å². The smallest absolute Gasteiger partial charge is 0.280 e. The van der Waals surface area contributed by atoms with Crippen LogP contribution in [0.3, 0.4) is 0 Å². The third kappa shape index (κ3) is 3.09. The lowest BCUT2D eigenvalue weighted by Crippen LogP contribution is -2.48. The van der Waals surface area contributed by atoms with Crippen molar-refractivity contribution in [1.82, 2.24) is 19.7 Å².